The van der Waals surface area contributed by atoms with Gasteiger partial charge in [-0.05, 0) is 17.5 Å². The molecule has 0 atom stereocenters. The van der Waals surface area contributed by atoms with Crippen molar-refractivity contribution in [3.63, 3.8) is 0 Å². The Labute approximate surface area is 90.8 Å². The van der Waals surface area contributed by atoms with E-state index in [0.29, 0.717) is 6.54 Å². The van der Waals surface area contributed by atoms with Gasteiger partial charge in [0, 0.05) is 24.0 Å². The van der Waals surface area contributed by atoms with E-state index < -0.39 is 5.97 Å². The SMILES string of the molecule is O=C(O)c1ccn(CCc2cccs2)n1. The third-order valence-corrected chi connectivity index (χ3v) is 2.96. The van der Waals surface area contributed by atoms with Crippen LogP contribution in [0.1, 0.15) is 15.4 Å². The fourth-order valence-corrected chi connectivity index (χ4v) is 1.98. The van der Waals surface area contributed by atoms with E-state index in [9.17, 15) is 4.79 Å². The molecule has 4 nitrogen and oxygen atoms in total. The maximum Gasteiger partial charge on any atom is 0.356 e. The molecular formula is C10H10N2O2S. The molecule has 0 saturated heterocycles. The van der Waals surface area contributed by atoms with Crippen LogP contribution in [0.4, 0.5) is 0 Å². The maximum absolute atomic E-state index is 10.6. The van der Waals surface area contributed by atoms with Crippen LogP contribution in [-0.4, -0.2) is 20.9 Å². The van der Waals surface area contributed by atoms with E-state index in [0.717, 1.165) is 6.42 Å². The van der Waals surface area contributed by atoms with Crippen LogP contribution in [-0.2, 0) is 13.0 Å². The van der Waals surface area contributed by atoms with Crippen LogP contribution in [0.2, 0.25) is 0 Å². The number of carboxylic acid groups (broad SMARTS) is 1. The van der Waals surface area contributed by atoms with Gasteiger partial charge in [-0.25, -0.2) is 4.79 Å². The van der Waals surface area contributed by atoms with Crippen molar-refractivity contribution in [2.75, 3.05) is 0 Å². The quantitative estimate of drug-likeness (QED) is 0.859. The van der Waals surface area contributed by atoms with E-state index in [-0.39, 0.29) is 5.69 Å². The molecule has 0 fully saturated rings. The normalized spacial score (nSPS) is 10.4. The van der Waals surface area contributed by atoms with Crippen molar-refractivity contribution < 1.29 is 9.90 Å². The summed E-state index contributed by atoms with van der Waals surface area (Å²) in [6.45, 7) is 0.716. The molecule has 2 heterocycles. The Kier molecular flexibility index (Phi) is 2.82. The monoisotopic (exact) mass is 222 g/mol. The molecule has 0 aliphatic heterocycles. The second-order valence-corrected chi connectivity index (χ2v) is 4.13. The molecule has 78 valence electrons. The lowest BCUT2D eigenvalue weighted by Gasteiger charge is -1.98. The van der Waals surface area contributed by atoms with Gasteiger partial charge in [-0.1, -0.05) is 6.07 Å². The summed E-state index contributed by atoms with van der Waals surface area (Å²) in [5.74, 6) is -0.982. The van der Waals surface area contributed by atoms with Crippen LogP contribution in [0.25, 0.3) is 0 Å². The van der Waals surface area contributed by atoms with Gasteiger partial charge < -0.3 is 5.11 Å². The predicted octanol–water partition coefficient (Wildman–Crippen LogP) is 1.89. The first-order chi connectivity index (χ1) is 7.25. The smallest absolute Gasteiger partial charge is 0.356 e. The summed E-state index contributed by atoms with van der Waals surface area (Å²) in [5, 5.41) is 14.6. The zero-order chi connectivity index (χ0) is 10.7. The average Bonchev–Trinajstić information content (AvgIpc) is 2.86. The first-order valence-corrected chi connectivity index (χ1v) is 5.43. The van der Waals surface area contributed by atoms with Gasteiger partial charge in [-0.3, -0.25) is 4.68 Å². The zero-order valence-electron chi connectivity index (χ0n) is 7.96. The number of nitrogens with zero attached hydrogens (tertiary/aromatic N) is 2. The van der Waals surface area contributed by atoms with E-state index in [1.807, 2.05) is 11.4 Å². The molecule has 0 saturated carbocycles. The number of aromatic nitrogens is 2. The summed E-state index contributed by atoms with van der Waals surface area (Å²) < 4.78 is 1.66. The number of thiophene rings is 1. The molecule has 0 aromatic carbocycles. The number of aryl methyl sites for hydroxylation is 2. The zero-order valence-corrected chi connectivity index (χ0v) is 8.78. The molecule has 2 rings (SSSR count). The lowest BCUT2D eigenvalue weighted by molar-refractivity contribution is 0.0689. The Morgan fingerprint density at radius 3 is 3.00 bits per heavy atom. The Balaban J connectivity index is 1.96. The van der Waals surface area contributed by atoms with Crippen LogP contribution in [0.5, 0.6) is 0 Å². The third-order valence-electron chi connectivity index (χ3n) is 2.03. The fraction of sp³-hybridized carbons (Fsp3) is 0.200. The summed E-state index contributed by atoms with van der Waals surface area (Å²) in [6.07, 6.45) is 2.58. The van der Waals surface area contributed by atoms with E-state index in [1.54, 1.807) is 22.2 Å². The Bertz CT molecular complexity index is 448. The number of carbonyl (C=O) groups is 1. The topological polar surface area (TPSA) is 55.1 Å². The molecule has 2 aromatic rings. The second kappa shape index (κ2) is 4.27. The van der Waals surface area contributed by atoms with E-state index >= 15 is 0 Å². The lowest BCUT2D eigenvalue weighted by Crippen LogP contribution is -2.04. The molecule has 0 amide bonds. The van der Waals surface area contributed by atoms with Gasteiger partial charge in [0.1, 0.15) is 0 Å². The minimum atomic E-state index is -0.982. The number of hydrogen-bond donors (Lipinski definition) is 1. The Morgan fingerprint density at radius 1 is 1.53 bits per heavy atom. The van der Waals surface area contributed by atoms with Crippen molar-refractivity contribution in [3.8, 4) is 0 Å². The highest BCUT2D eigenvalue weighted by molar-refractivity contribution is 7.09. The molecule has 0 aliphatic carbocycles. The average molecular weight is 222 g/mol. The van der Waals surface area contributed by atoms with Gasteiger partial charge in [-0.2, -0.15) is 5.10 Å². The first kappa shape index (κ1) is 9.92. The summed E-state index contributed by atoms with van der Waals surface area (Å²) in [6, 6.07) is 5.58. The largest absolute Gasteiger partial charge is 0.476 e. The van der Waals surface area contributed by atoms with Gasteiger partial charge in [0.15, 0.2) is 5.69 Å². The molecule has 0 unspecified atom stereocenters. The molecule has 0 radical (unpaired) electrons. The molecule has 15 heavy (non-hydrogen) atoms. The number of aromatic carboxylic acids is 1. The van der Waals surface area contributed by atoms with Crippen molar-refractivity contribution in [1.82, 2.24) is 9.78 Å². The van der Waals surface area contributed by atoms with Crippen LogP contribution in [0.3, 0.4) is 0 Å². The van der Waals surface area contributed by atoms with E-state index in [1.165, 1.54) is 10.9 Å². The van der Waals surface area contributed by atoms with Gasteiger partial charge in [-0.15, -0.1) is 11.3 Å². The molecule has 1 N–H and O–H groups in total. The van der Waals surface area contributed by atoms with Gasteiger partial charge in [0.05, 0.1) is 0 Å². The Hall–Kier alpha value is -1.62. The van der Waals surface area contributed by atoms with Crippen LogP contribution in [0.15, 0.2) is 29.8 Å². The first-order valence-electron chi connectivity index (χ1n) is 4.55. The lowest BCUT2D eigenvalue weighted by atomic mass is 10.3. The summed E-state index contributed by atoms with van der Waals surface area (Å²) in [4.78, 5) is 11.9. The molecular weight excluding hydrogens is 212 g/mol. The Morgan fingerprint density at radius 2 is 2.40 bits per heavy atom. The van der Waals surface area contributed by atoms with Crippen molar-refractivity contribution >= 4 is 17.3 Å². The van der Waals surface area contributed by atoms with Gasteiger partial charge in [0.2, 0.25) is 0 Å². The second-order valence-electron chi connectivity index (χ2n) is 3.10. The van der Waals surface area contributed by atoms with Crippen LogP contribution in [0, 0.1) is 0 Å². The molecule has 0 bridgehead atoms. The molecule has 0 spiro atoms. The highest BCUT2D eigenvalue weighted by Crippen LogP contribution is 2.10. The van der Waals surface area contributed by atoms with Crippen LogP contribution >= 0.6 is 11.3 Å². The van der Waals surface area contributed by atoms with E-state index in [2.05, 4.69) is 11.2 Å². The predicted molar refractivity (Wildman–Crippen MR) is 57.2 cm³/mol. The number of hydrogen-bond acceptors (Lipinski definition) is 3. The minimum Gasteiger partial charge on any atom is -0.476 e. The number of carboxylic acids is 1. The summed E-state index contributed by atoms with van der Waals surface area (Å²) in [7, 11) is 0. The third kappa shape index (κ3) is 2.44. The molecule has 2 aromatic heterocycles. The highest BCUT2D eigenvalue weighted by Gasteiger charge is 2.06. The molecule has 0 aliphatic rings. The highest BCUT2D eigenvalue weighted by atomic mass is 32.1. The van der Waals surface area contributed by atoms with Crippen LogP contribution < -0.4 is 0 Å². The fourth-order valence-electron chi connectivity index (χ4n) is 1.28. The minimum absolute atomic E-state index is 0.0983. The van der Waals surface area contributed by atoms with Crippen molar-refractivity contribution in [2.45, 2.75) is 13.0 Å². The van der Waals surface area contributed by atoms with Gasteiger partial charge >= 0.3 is 5.97 Å². The van der Waals surface area contributed by atoms with Gasteiger partial charge in [0.25, 0.3) is 0 Å². The van der Waals surface area contributed by atoms with Crippen molar-refractivity contribution in [3.05, 3.63) is 40.3 Å². The summed E-state index contributed by atoms with van der Waals surface area (Å²) in [5.41, 5.74) is 0.0983. The standard InChI is InChI=1S/C10H10N2O2S/c13-10(14)9-4-6-12(11-9)5-3-8-2-1-7-15-8/h1-2,4,6-7H,3,5H2,(H,13,14). The van der Waals surface area contributed by atoms with Crippen molar-refractivity contribution in [2.24, 2.45) is 0 Å². The van der Waals surface area contributed by atoms with Crippen molar-refractivity contribution in [1.29, 1.82) is 0 Å². The van der Waals surface area contributed by atoms with E-state index in [4.69, 9.17) is 5.11 Å². The molecule has 5 heteroatoms. The maximum atomic E-state index is 10.6. The number of rotatable bonds is 4. The summed E-state index contributed by atoms with van der Waals surface area (Å²) >= 11 is 1.70.